The minimum atomic E-state index is -1.18. The molecule has 196 valence electrons. The van der Waals surface area contributed by atoms with Crippen LogP contribution in [0.3, 0.4) is 0 Å². The third kappa shape index (κ3) is 4.74. The van der Waals surface area contributed by atoms with Gasteiger partial charge in [-0.1, -0.05) is 18.2 Å². The summed E-state index contributed by atoms with van der Waals surface area (Å²) in [6, 6.07) is 20.4. The van der Waals surface area contributed by atoms with Crippen LogP contribution in [-0.4, -0.2) is 52.8 Å². The summed E-state index contributed by atoms with van der Waals surface area (Å²) >= 11 is 0. The van der Waals surface area contributed by atoms with Gasteiger partial charge in [0.25, 0.3) is 5.91 Å². The predicted molar refractivity (Wildman–Crippen MR) is 141 cm³/mol. The van der Waals surface area contributed by atoms with E-state index in [0.29, 0.717) is 30.1 Å². The summed E-state index contributed by atoms with van der Waals surface area (Å²) in [6.07, 6.45) is 2.08. The van der Waals surface area contributed by atoms with Crippen molar-refractivity contribution in [2.24, 2.45) is 0 Å². The fourth-order valence-electron chi connectivity index (χ4n) is 4.79. The number of nitrogens with zero attached hydrogens (tertiary/aromatic N) is 3. The van der Waals surface area contributed by atoms with Crippen molar-refractivity contribution < 1.29 is 23.5 Å². The highest BCUT2D eigenvalue weighted by molar-refractivity contribution is 6.00. The highest BCUT2D eigenvalue weighted by Crippen LogP contribution is 2.31. The summed E-state index contributed by atoms with van der Waals surface area (Å²) < 4.78 is 17.8. The van der Waals surface area contributed by atoms with Crippen LogP contribution < -0.4 is 14.8 Å². The number of methoxy groups -OCH3 is 2. The van der Waals surface area contributed by atoms with E-state index in [1.54, 1.807) is 43.1 Å². The average Bonchev–Trinajstić information content (AvgIpc) is 3.62. The van der Waals surface area contributed by atoms with E-state index >= 15 is 0 Å². The first-order chi connectivity index (χ1) is 18.4. The van der Waals surface area contributed by atoms with Crippen LogP contribution in [0.1, 0.15) is 28.7 Å². The van der Waals surface area contributed by atoms with Crippen LogP contribution in [-0.2, 0) is 24.3 Å². The normalized spacial score (nSPS) is 16.7. The highest BCUT2D eigenvalue weighted by atomic mass is 16.5. The van der Waals surface area contributed by atoms with Gasteiger partial charge < -0.3 is 24.1 Å². The van der Waals surface area contributed by atoms with E-state index in [0.717, 1.165) is 22.6 Å². The minimum Gasteiger partial charge on any atom is -0.497 e. The topological polar surface area (TPSA) is 98.8 Å². The number of benzene rings is 2. The van der Waals surface area contributed by atoms with E-state index in [4.69, 9.17) is 19.0 Å². The Morgan fingerprint density at radius 1 is 1.08 bits per heavy atom. The molecule has 5 rings (SSSR count). The molecule has 0 saturated heterocycles. The Kier molecular flexibility index (Phi) is 6.91. The highest BCUT2D eigenvalue weighted by Gasteiger charge is 2.47. The molecule has 0 saturated carbocycles. The van der Waals surface area contributed by atoms with Gasteiger partial charge in [0.2, 0.25) is 5.91 Å². The van der Waals surface area contributed by atoms with E-state index in [-0.39, 0.29) is 24.9 Å². The molecule has 0 fully saturated rings. The molecule has 4 aromatic rings. The first-order valence-electron chi connectivity index (χ1n) is 12.4. The molecule has 38 heavy (non-hydrogen) atoms. The van der Waals surface area contributed by atoms with Crippen LogP contribution in [0.15, 0.2) is 77.4 Å². The molecule has 1 aliphatic heterocycles. The number of aromatic nitrogens is 2. The number of furan rings is 1. The number of para-hydroxylation sites is 1. The molecular formula is C29H30N4O5. The van der Waals surface area contributed by atoms with Crippen molar-refractivity contribution in [2.75, 3.05) is 20.8 Å². The average molecular weight is 515 g/mol. The lowest BCUT2D eigenvalue weighted by atomic mass is 9.94. The maximum Gasteiger partial charge on any atom is 0.273 e. The number of carbonyl (C=O) groups excluding carboxylic acids is 2. The van der Waals surface area contributed by atoms with Gasteiger partial charge in [-0.2, -0.15) is 5.10 Å². The fraction of sp³-hybridized carbons (Fsp3) is 0.276. The molecule has 2 aromatic carbocycles. The Morgan fingerprint density at radius 2 is 1.87 bits per heavy atom. The zero-order chi connectivity index (χ0) is 26.7. The Morgan fingerprint density at radius 3 is 2.58 bits per heavy atom. The lowest BCUT2D eigenvalue weighted by molar-refractivity contribution is -0.133. The summed E-state index contributed by atoms with van der Waals surface area (Å²) in [6.45, 7) is 2.57. The lowest BCUT2D eigenvalue weighted by Crippen LogP contribution is -2.64. The molecule has 1 N–H and O–H groups in total. The van der Waals surface area contributed by atoms with Crippen LogP contribution in [0.5, 0.6) is 11.5 Å². The van der Waals surface area contributed by atoms with Crippen LogP contribution in [0.4, 0.5) is 0 Å². The molecule has 0 aliphatic carbocycles. The number of carbonyl (C=O) groups is 2. The third-order valence-corrected chi connectivity index (χ3v) is 6.97. The van der Waals surface area contributed by atoms with Crippen LogP contribution in [0, 0.1) is 0 Å². The van der Waals surface area contributed by atoms with Crippen molar-refractivity contribution in [1.29, 1.82) is 0 Å². The van der Waals surface area contributed by atoms with Gasteiger partial charge in [0, 0.05) is 30.6 Å². The third-order valence-electron chi connectivity index (χ3n) is 6.97. The predicted octanol–water partition coefficient (Wildman–Crippen LogP) is 3.93. The van der Waals surface area contributed by atoms with E-state index in [2.05, 4.69) is 5.32 Å². The molecule has 0 radical (unpaired) electrons. The second-order valence-electron chi connectivity index (χ2n) is 9.36. The summed E-state index contributed by atoms with van der Waals surface area (Å²) in [5.74, 6) is 1.63. The van der Waals surface area contributed by atoms with E-state index in [1.807, 2.05) is 60.7 Å². The monoisotopic (exact) mass is 514 g/mol. The molecular weight excluding hydrogens is 484 g/mol. The summed E-state index contributed by atoms with van der Waals surface area (Å²) in [4.78, 5) is 29.2. The standard InChI is InChI=1S/C29H30N4O5/c1-29(28(35)30-18-21-7-4-5-9-26(21)37-3)19-33-25(27(34)32(29)15-14-23-8-6-16-38-23)17-24(31-33)20-10-12-22(36-2)13-11-20/h4-13,16-17H,14-15,18-19H2,1-3H3,(H,30,35). The molecule has 1 aliphatic rings. The smallest absolute Gasteiger partial charge is 0.273 e. The van der Waals surface area contributed by atoms with Crippen molar-refractivity contribution in [1.82, 2.24) is 20.0 Å². The maximum atomic E-state index is 13.8. The van der Waals surface area contributed by atoms with Crippen molar-refractivity contribution in [3.8, 4) is 22.8 Å². The Balaban J connectivity index is 1.45. The van der Waals surface area contributed by atoms with E-state index in [9.17, 15) is 9.59 Å². The zero-order valence-electron chi connectivity index (χ0n) is 21.6. The molecule has 0 bridgehead atoms. The second-order valence-corrected chi connectivity index (χ2v) is 9.36. The number of ether oxygens (including phenoxy) is 2. The number of fused-ring (bicyclic) bond motifs is 1. The van der Waals surface area contributed by atoms with Crippen LogP contribution in [0.2, 0.25) is 0 Å². The van der Waals surface area contributed by atoms with Crippen LogP contribution in [0.25, 0.3) is 11.3 Å². The van der Waals surface area contributed by atoms with Gasteiger partial charge in [-0.3, -0.25) is 14.3 Å². The Labute approximate surface area is 221 Å². The van der Waals surface area contributed by atoms with Crippen molar-refractivity contribution in [3.05, 3.63) is 90.0 Å². The van der Waals surface area contributed by atoms with Crippen molar-refractivity contribution in [3.63, 3.8) is 0 Å². The SMILES string of the molecule is COc1ccc(-c2cc3n(n2)CC(C)(C(=O)NCc2ccccc2OC)N(CCc2ccco2)C3=O)cc1. The first kappa shape index (κ1) is 25.1. The molecule has 1 unspecified atom stereocenters. The van der Waals surface area contributed by atoms with Gasteiger partial charge in [-0.05, 0) is 55.5 Å². The molecule has 3 heterocycles. The van der Waals surface area contributed by atoms with Gasteiger partial charge in [0.15, 0.2) is 0 Å². The Hall–Kier alpha value is -4.53. The molecule has 1 atom stereocenters. The number of hydrogen-bond donors (Lipinski definition) is 1. The van der Waals surface area contributed by atoms with Gasteiger partial charge in [0.05, 0.1) is 32.7 Å². The van der Waals surface area contributed by atoms with E-state index < -0.39 is 5.54 Å². The van der Waals surface area contributed by atoms with Gasteiger partial charge in [0.1, 0.15) is 28.5 Å². The number of rotatable bonds is 9. The summed E-state index contributed by atoms with van der Waals surface area (Å²) in [5.41, 5.74) is 1.61. The molecule has 0 spiro atoms. The first-order valence-corrected chi connectivity index (χ1v) is 12.4. The van der Waals surface area contributed by atoms with Gasteiger partial charge in [-0.15, -0.1) is 0 Å². The quantitative estimate of drug-likeness (QED) is 0.363. The van der Waals surface area contributed by atoms with Crippen molar-refractivity contribution >= 4 is 11.8 Å². The largest absolute Gasteiger partial charge is 0.497 e. The van der Waals surface area contributed by atoms with Crippen LogP contribution >= 0.6 is 0 Å². The maximum absolute atomic E-state index is 13.8. The number of amides is 2. The lowest BCUT2D eigenvalue weighted by Gasteiger charge is -2.43. The van der Waals surface area contributed by atoms with Gasteiger partial charge >= 0.3 is 0 Å². The number of hydrogen-bond acceptors (Lipinski definition) is 6. The summed E-state index contributed by atoms with van der Waals surface area (Å²) in [5, 5.41) is 7.72. The summed E-state index contributed by atoms with van der Waals surface area (Å²) in [7, 11) is 3.21. The minimum absolute atomic E-state index is 0.208. The molecule has 9 nitrogen and oxygen atoms in total. The van der Waals surface area contributed by atoms with Crippen molar-refractivity contribution in [2.45, 2.75) is 32.0 Å². The fourth-order valence-corrected chi connectivity index (χ4v) is 4.79. The van der Waals surface area contributed by atoms with E-state index in [1.165, 1.54) is 0 Å². The Bertz CT molecular complexity index is 1430. The van der Waals surface area contributed by atoms with Gasteiger partial charge in [-0.25, -0.2) is 0 Å². The second kappa shape index (κ2) is 10.5. The molecule has 2 aromatic heterocycles. The molecule has 2 amide bonds. The molecule has 9 heteroatoms. The number of nitrogens with one attached hydrogen (secondary N) is 1. The zero-order valence-corrected chi connectivity index (χ0v) is 21.6.